The lowest BCUT2D eigenvalue weighted by Gasteiger charge is -2.39. The Labute approximate surface area is 138 Å². The highest BCUT2D eigenvalue weighted by Crippen LogP contribution is 2.14. The van der Waals surface area contributed by atoms with Gasteiger partial charge in [0.25, 0.3) is 0 Å². The number of carbonyl (C=O) groups excluding carboxylic acids is 1. The van der Waals surface area contributed by atoms with Crippen molar-refractivity contribution in [2.75, 3.05) is 52.6 Å². The normalized spacial score (nSPS) is 23.3. The Bertz CT molecular complexity index is 496. The zero-order valence-corrected chi connectivity index (χ0v) is 13.9. The third kappa shape index (κ3) is 3.98. The van der Waals surface area contributed by atoms with Crippen molar-refractivity contribution in [2.45, 2.75) is 19.0 Å². The van der Waals surface area contributed by atoms with E-state index in [0.29, 0.717) is 0 Å². The van der Waals surface area contributed by atoms with Crippen LogP contribution in [0.1, 0.15) is 18.5 Å². The molecule has 0 aromatic heterocycles. The predicted octanol–water partition coefficient (Wildman–Crippen LogP) is -1.48. The third-order valence-electron chi connectivity index (χ3n) is 5.08. The molecule has 0 spiro atoms. The van der Waals surface area contributed by atoms with Crippen molar-refractivity contribution in [3.8, 4) is 0 Å². The first-order valence-electron chi connectivity index (χ1n) is 8.67. The molecule has 23 heavy (non-hydrogen) atoms. The summed E-state index contributed by atoms with van der Waals surface area (Å²) < 4.78 is 11.0. The molecule has 2 saturated heterocycles. The summed E-state index contributed by atoms with van der Waals surface area (Å²) in [6, 6.07) is 10.7. The Morgan fingerprint density at radius 2 is 1.43 bits per heavy atom. The van der Waals surface area contributed by atoms with Gasteiger partial charge in [-0.3, -0.25) is 4.79 Å². The Kier molecular flexibility index (Phi) is 5.78. The van der Waals surface area contributed by atoms with Gasteiger partial charge in [0.05, 0.1) is 26.4 Å². The average molecular weight is 320 g/mol. The van der Waals surface area contributed by atoms with E-state index in [2.05, 4.69) is 24.3 Å². The standard InChI is InChI=1S/C18H26N2O3/c1-15(21)17(19-7-11-22-12-8-19)18(16-5-3-2-4-6-16)20-9-13-23-14-10-20/h2-6,17-18H,7-14H2,1H3/p+2/t17-,18-/m0/s1. The van der Waals surface area contributed by atoms with Crippen molar-refractivity contribution >= 4 is 5.78 Å². The van der Waals surface area contributed by atoms with Gasteiger partial charge in [0, 0.05) is 12.5 Å². The van der Waals surface area contributed by atoms with Crippen LogP contribution in [0.25, 0.3) is 0 Å². The number of carbonyl (C=O) groups is 1. The molecule has 0 radical (unpaired) electrons. The molecule has 1 aromatic rings. The lowest BCUT2D eigenvalue weighted by Crippen LogP contribution is -3.25. The van der Waals surface area contributed by atoms with Crippen LogP contribution in [0.4, 0.5) is 0 Å². The summed E-state index contributed by atoms with van der Waals surface area (Å²) in [5.74, 6) is 0.287. The SMILES string of the molecule is CC(=O)[C@@H]([C@H](c1ccccc1)[NH+]1CCOCC1)[NH+]1CCOCC1. The summed E-state index contributed by atoms with van der Waals surface area (Å²) in [6.07, 6.45) is 0. The maximum atomic E-state index is 12.6. The van der Waals surface area contributed by atoms with E-state index in [0.717, 1.165) is 52.6 Å². The van der Waals surface area contributed by atoms with Gasteiger partial charge >= 0.3 is 0 Å². The molecule has 3 rings (SSSR count). The molecule has 2 N–H and O–H groups in total. The van der Waals surface area contributed by atoms with Gasteiger partial charge < -0.3 is 19.3 Å². The number of hydrogen-bond donors (Lipinski definition) is 2. The number of ether oxygens (including phenoxy) is 2. The van der Waals surface area contributed by atoms with Gasteiger partial charge in [0.2, 0.25) is 6.04 Å². The number of Topliss-reactive ketones (excluding diaryl/α,β-unsaturated/α-hetero) is 1. The molecule has 0 unspecified atom stereocenters. The summed E-state index contributed by atoms with van der Waals surface area (Å²) in [4.78, 5) is 15.4. The minimum Gasteiger partial charge on any atom is -0.370 e. The van der Waals surface area contributed by atoms with E-state index in [1.165, 1.54) is 15.4 Å². The number of hydrogen-bond acceptors (Lipinski definition) is 3. The highest BCUT2D eigenvalue weighted by molar-refractivity contribution is 5.80. The molecule has 2 fully saturated rings. The molecule has 0 bridgehead atoms. The molecular weight excluding hydrogens is 292 g/mol. The number of benzene rings is 1. The zero-order valence-electron chi connectivity index (χ0n) is 13.9. The Balaban J connectivity index is 1.91. The highest BCUT2D eigenvalue weighted by Gasteiger charge is 2.43. The molecule has 5 heteroatoms. The van der Waals surface area contributed by atoms with Crippen molar-refractivity contribution in [3.05, 3.63) is 35.9 Å². The van der Waals surface area contributed by atoms with Crippen molar-refractivity contribution in [1.29, 1.82) is 0 Å². The molecule has 2 atom stereocenters. The second-order valence-corrected chi connectivity index (χ2v) is 6.52. The van der Waals surface area contributed by atoms with E-state index in [4.69, 9.17) is 9.47 Å². The van der Waals surface area contributed by atoms with E-state index in [1.807, 2.05) is 6.07 Å². The van der Waals surface area contributed by atoms with Crippen LogP contribution in [0.15, 0.2) is 30.3 Å². The van der Waals surface area contributed by atoms with Crippen molar-refractivity contribution < 1.29 is 24.1 Å². The van der Waals surface area contributed by atoms with Gasteiger partial charge in [-0.2, -0.15) is 0 Å². The smallest absolute Gasteiger partial charge is 0.203 e. The zero-order chi connectivity index (χ0) is 16.1. The molecule has 2 heterocycles. The molecule has 0 aliphatic carbocycles. The van der Waals surface area contributed by atoms with Crippen LogP contribution < -0.4 is 9.80 Å². The quantitative estimate of drug-likeness (QED) is 0.695. The van der Waals surface area contributed by atoms with Crippen molar-refractivity contribution in [3.63, 3.8) is 0 Å². The van der Waals surface area contributed by atoms with E-state index in [-0.39, 0.29) is 17.9 Å². The van der Waals surface area contributed by atoms with Gasteiger partial charge in [-0.1, -0.05) is 30.3 Å². The minimum atomic E-state index is -0.00519. The largest absolute Gasteiger partial charge is 0.370 e. The van der Waals surface area contributed by atoms with Crippen LogP contribution in [0.2, 0.25) is 0 Å². The van der Waals surface area contributed by atoms with Crippen LogP contribution >= 0.6 is 0 Å². The maximum absolute atomic E-state index is 12.6. The van der Waals surface area contributed by atoms with Gasteiger partial charge in [-0.05, 0) is 0 Å². The predicted molar refractivity (Wildman–Crippen MR) is 86.7 cm³/mol. The fourth-order valence-corrected chi connectivity index (χ4v) is 3.97. The summed E-state index contributed by atoms with van der Waals surface area (Å²) in [5, 5.41) is 0. The number of quaternary nitrogens is 2. The first-order chi connectivity index (χ1) is 11.3. The van der Waals surface area contributed by atoms with Crippen molar-refractivity contribution in [2.24, 2.45) is 0 Å². The van der Waals surface area contributed by atoms with Crippen molar-refractivity contribution in [1.82, 2.24) is 0 Å². The number of morpholine rings is 2. The van der Waals surface area contributed by atoms with Gasteiger partial charge in [-0.25, -0.2) is 0 Å². The number of nitrogens with one attached hydrogen (secondary N) is 2. The third-order valence-corrected chi connectivity index (χ3v) is 5.08. The number of rotatable bonds is 5. The monoisotopic (exact) mass is 320 g/mol. The first kappa shape index (κ1) is 16.6. The van der Waals surface area contributed by atoms with Gasteiger partial charge in [0.1, 0.15) is 26.2 Å². The maximum Gasteiger partial charge on any atom is 0.203 e. The second kappa shape index (κ2) is 8.02. The van der Waals surface area contributed by atoms with Gasteiger partial charge in [-0.15, -0.1) is 0 Å². The van der Waals surface area contributed by atoms with Crippen LogP contribution in [-0.4, -0.2) is 64.4 Å². The lowest BCUT2D eigenvalue weighted by molar-refractivity contribution is -0.999. The summed E-state index contributed by atoms with van der Waals surface area (Å²) >= 11 is 0. The summed E-state index contributed by atoms with van der Waals surface area (Å²) in [6.45, 7) is 8.57. The average Bonchev–Trinajstić information content (AvgIpc) is 2.61. The van der Waals surface area contributed by atoms with Gasteiger partial charge in [0.15, 0.2) is 11.8 Å². The molecule has 5 nitrogen and oxygen atoms in total. The molecular formula is C18H28N2O3+2. The molecule has 0 saturated carbocycles. The van der Waals surface area contributed by atoms with E-state index < -0.39 is 0 Å². The second-order valence-electron chi connectivity index (χ2n) is 6.52. The Morgan fingerprint density at radius 1 is 0.913 bits per heavy atom. The molecule has 2 aliphatic heterocycles. The summed E-state index contributed by atoms with van der Waals surface area (Å²) in [7, 11) is 0. The fourth-order valence-electron chi connectivity index (χ4n) is 3.97. The molecule has 126 valence electrons. The topological polar surface area (TPSA) is 44.4 Å². The Morgan fingerprint density at radius 3 is 1.96 bits per heavy atom. The number of ketones is 1. The van der Waals surface area contributed by atoms with E-state index in [9.17, 15) is 4.79 Å². The molecule has 2 aliphatic rings. The fraction of sp³-hybridized carbons (Fsp3) is 0.611. The Hall–Kier alpha value is -1.27. The van der Waals surface area contributed by atoms with E-state index in [1.54, 1.807) is 6.92 Å². The summed E-state index contributed by atoms with van der Waals surface area (Å²) in [5.41, 5.74) is 1.27. The highest BCUT2D eigenvalue weighted by atomic mass is 16.5. The van der Waals surface area contributed by atoms with Crippen LogP contribution in [0.5, 0.6) is 0 Å². The van der Waals surface area contributed by atoms with Crippen LogP contribution in [-0.2, 0) is 14.3 Å². The van der Waals surface area contributed by atoms with Crippen LogP contribution in [0, 0.1) is 0 Å². The lowest BCUT2D eigenvalue weighted by atomic mass is 9.93. The molecule has 0 amide bonds. The van der Waals surface area contributed by atoms with Crippen LogP contribution in [0.3, 0.4) is 0 Å². The minimum absolute atomic E-state index is 0.00519. The van der Waals surface area contributed by atoms with E-state index >= 15 is 0 Å². The first-order valence-corrected chi connectivity index (χ1v) is 8.67. The molecule has 1 aromatic carbocycles.